The molecule has 20 heavy (non-hydrogen) atoms. The molecule has 1 spiro atoms. The highest BCUT2D eigenvalue weighted by atomic mass is 16.2. The van der Waals surface area contributed by atoms with Crippen molar-refractivity contribution in [2.75, 3.05) is 6.54 Å². The van der Waals surface area contributed by atoms with Crippen LogP contribution in [-0.2, 0) is 16.1 Å². The number of nitrogens with zero attached hydrogens (tertiary/aromatic N) is 1. The Morgan fingerprint density at radius 1 is 1.05 bits per heavy atom. The number of imide groups is 1. The smallest absolute Gasteiger partial charge is 0.247 e. The van der Waals surface area contributed by atoms with Crippen molar-refractivity contribution in [3.8, 4) is 0 Å². The molecule has 3 rings (SSSR count). The number of carbonyl (C=O) groups excluding carboxylic acids is 2. The molecule has 1 aromatic rings. The lowest BCUT2D eigenvalue weighted by molar-refractivity contribution is -0.150. The molecule has 4 nitrogen and oxygen atoms in total. The fourth-order valence-electron chi connectivity index (χ4n) is 3.44. The molecule has 0 atom stereocenters. The molecule has 2 aliphatic rings. The van der Waals surface area contributed by atoms with Gasteiger partial charge in [0.1, 0.15) is 5.54 Å². The minimum atomic E-state index is -0.470. The minimum absolute atomic E-state index is 0.0932. The van der Waals surface area contributed by atoms with Gasteiger partial charge < -0.3 is 0 Å². The number of hydrogen-bond acceptors (Lipinski definition) is 3. The molecule has 0 unspecified atom stereocenters. The second-order valence-electron chi connectivity index (χ2n) is 5.81. The van der Waals surface area contributed by atoms with Crippen molar-refractivity contribution in [1.82, 2.24) is 10.2 Å². The van der Waals surface area contributed by atoms with Crippen LogP contribution in [0.15, 0.2) is 30.3 Å². The molecule has 4 heteroatoms. The van der Waals surface area contributed by atoms with E-state index in [1.807, 2.05) is 30.3 Å². The lowest BCUT2D eigenvalue weighted by atomic mass is 9.78. The molecular weight excluding hydrogens is 252 g/mol. The average Bonchev–Trinajstić information content (AvgIpc) is 2.47. The molecular formula is C16H20N2O2. The molecule has 1 heterocycles. The summed E-state index contributed by atoms with van der Waals surface area (Å²) < 4.78 is 0. The number of amides is 2. The fourth-order valence-corrected chi connectivity index (χ4v) is 3.44. The molecule has 1 aromatic carbocycles. The van der Waals surface area contributed by atoms with Crippen LogP contribution >= 0.6 is 0 Å². The van der Waals surface area contributed by atoms with Crippen molar-refractivity contribution in [1.29, 1.82) is 0 Å². The maximum Gasteiger partial charge on any atom is 0.247 e. The second kappa shape index (κ2) is 5.37. The summed E-state index contributed by atoms with van der Waals surface area (Å²) in [5, 5.41) is 2.54. The first kappa shape index (κ1) is 13.3. The molecule has 1 aliphatic carbocycles. The number of benzene rings is 1. The third-order valence-corrected chi connectivity index (χ3v) is 4.51. The number of piperazine rings is 1. The first-order valence-electron chi connectivity index (χ1n) is 7.34. The Kier molecular flexibility index (Phi) is 3.57. The molecule has 106 valence electrons. The Labute approximate surface area is 119 Å². The van der Waals surface area contributed by atoms with Crippen LogP contribution in [0.1, 0.15) is 37.7 Å². The number of carbonyl (C=O) groups is 2. The molecule has 1 N–H and O–H groups in total. The van der Waals surface area contributed by atoms with Crippen molar-refractivity contribution in [3.63, 3.8) is 0 Å². The highest BCUT2D eigenvalue weighted by Crippen LogP contribution is 2.36. The Morgan fingerprint density at radius 2 is 1.75 bits per heavy atom. The van der Waals surface area contributed by atoms with Crippen LogP contribution in [0.2, 0.25) is 0 Å². The van der Waals surface area contributed by atoms with E-state index in [1.165, 1.54) is 6.42 Å². The van der Waals surface area contributed by atoms with Crippen molar-refractivity contribution in [3.05, 3.63) is 35.9 Å². The molecule has 0 radical (unpaired) electrons. The maximum absolute atomic E-state index is 12.4. The van der Waals surface area contributed by atoms with Crippen LogP contribution in [0, 0.1) is 0 Å². The Balaban J connectivity index is 1.87. The van der Waals surface area contributed by atoms with E-state index in [4.69, 9.17) is 0 Å². The van der Waals surface area contributed by atoms with Gasteiger partial charge in [0, 0.05) is 6.54 Å². The van der Waals surface area contributed by atoms with E-state index in [0.29, 0.717) is 13.1 Å². The maximum atomic E-state index is 12.4. The van der Waals surface area contributed by atoms with E-state index in [-0.39, 0.29) is 11.8 Å². The van der Waals surface area contributed by atoms with Crippen molar-refractivity contribution in [2.45, 2.75) is 44.2 Å². The van der Waals surface area contributed by atoms with Gasteiger partial charge in [-0.05, 0) is 18.4 Å². The average molecular weight is 272 g/mol. The summed E-state index contributed by atoms with van der Waals surface area (Å²) >= 11 is 0. The first-order valence-corrected chi connectivity index (χ1v) is 7.34. The molecule has 0 bridgehead atoms. The quantitative estimate of drug-likeness (QED) is 0.836. The molecule has 0 aromatic heterocycles. The zero-order valence-electron chi connectivity index (χ0n) is 11.6. The van der Waals surface area contributed by atoms with Gasteiger partial charge in [-0.25, -0.2) is 0 Å². The lowest BCUT2D eigenvalue weighted by Gasteiger charge is -2.47. The molecule has 1 saturated heterocycles. The molecule has 2 amide bonds. The summed E-state index contributed by atoms with van der Waals surface area (Å²) in [5.41, 5.74) is 0.682. The van der Waals surface area contributed by atoms with Gasteiger partial charge in [-0.2, -0.15) is 0 Å². The minimum Gasteiger partial charge on any atom is -0.294 e. The molecule has 2 fully saturated rings. The van der Waals surface area contributed by atoms with Gasteiger partial charge in [0.05, 0.1) is 6.54 Å². The number of rotatable bonds is 2. The summed E-state index contributed by atoms with van der Waals surface area (Å²) in [6.45, 7) is 0.987. The summed E-state index contributed by atoms with van der Waals surface area (Å²) in [7, 11) is 0. The van der Waals surface area contributed by atoms with Gasteiger partial charge >= 0.3 is 0 Å². The van der Waals surface area contributed by atoms with Crippen LogP contribution in [0.5, 0.6) is 0 Å². The normalized spacial score (nSPS) is 22.8. The van der Waals surface area contributed by atoms with Crippen LogP contribution in [-0.4, -0.2) is 28.8 Å². The summed E-state index contributed by atoms with van der Waals surface area (Å²) in [6.07, 6.45) is 5.03. The van der Waals surface area contributed by atoms with Crippen molar-refractivity contribution >= 4 is 11.8 Å². The van der Waals surface area contributed by atoms with Crippen LogP contribution in [0.25, 0.3) is 0 Å². The summed E-state index contributed by atoms with van der Waals surface area (Å²) in [5.74, 6) is -0.272. The number of hydrogen-bond donors (Lipinski definition) is 1. The zero-order chi connectivity index (χ0) is 14.0. The van der Waals surface area contributed by atoms with Crippen LogP contribution in [0.3, 0.4) is 0 Å². The largest absolute Gasteiger partial charge is 0.294 e. The Hall–Kier alpha value is -1.68. The van der Waals surface area contributed by atoms with E-state index >= 15 is 0 Å². The molecule has 1 aliphatic heterocycles. The van der Waals surface area contributed by atoms with Gasteiger partial charge in [-0.1, -0.05) is 49.6 Å². The van der Waals surface area contributed by atoms with E-state index in [2.05, 4.69) is 10.2 Å². The fraction of sp³-hybridized carbons (Fsp3) is 0.500. The van der Waals surface area contributed by atoms with Crippen LogP contribution in [0.4, 0.5) is 0 Å². The van der Waals surface area contributed by atoms with Gasteiger partial charge in [0.2, 0.25) is 11.8 Å². The summed E-state index contributed by atoms with van der Waals surface area (Å²) in [6, 6.07) is 10.1. The number of nitrogens with one attached hydrogen (secondary N) is 1. The van der Waals surface area contributed by atoms with Crippen molar-refractivity contribution in [2.24, 2.45) is 0 Å². The molecule has 1 saturated carbocycles. The standard InChI is InChI=1S/C16H20N2O2/c19-14-12-18(11-13-7-3-1-4-8-13)16(15(20)17-14)9-5-2-6-10-16/h1,3-4,7-8H,2,5-6,9-12H2,(H,17,19,20). The van der Waals surface area contributed by atoms with E-state index in [9.17, 15) is 9.59 Å². The van der Waals surface area contributed by atoms with Crippen LogP contribution < -0.4 is 5.32 Å². The Bertz CT molecular complexity index is 506. The van der Waals surface area contributed by atoms with E-state index in [1.54, 1.807) is 0 Å². The van der Waals surface area contributed by atoms with Gasteiger partial charge in [-0.15, -0.1) is 0 Å². The van der Waals surface area contributed by atoms with E-state index in [0.717, 1.165) is 31.2 Å². The SMILES string of the molecule is O=C1CN(Cc2ccccc2)C2(CCCCC2)C(=O)N1. The van der Waals surface area contributed by atoms with E-state index < -0.39 is 5.54 Å². The zero-order valence-corrected chi connectivity index (χ0v) is 11.6. The lowest BCUT2D eigenvalue weighted by Crippen LogP contribution is -2.66. The van der Waals surface area contributed by atoms with Gasteiger partial charge in [-0.3, -0.25) is 19.8 Å². The third-order valence-electron chi connectivity index (χ3n) is 4.51. The highest BCUT2D eigenvalue weighted by molar-refractivity contribution is 6.03. The Morgan fingerprint density at radius 3 is 2.45 bits per heavy atom. The van der Waals surface area contributed by atoms with Gasteiger partial charge in [0.25, 0.3) is 0 Å². The summed E-state index contributed by atoms with van der Waals surface area (Å²) in [4.78, 5) is 26.2. The first-order chi connectivity index (χ1) is 9.71. The second-order valence-corrected chi connectivity index (χ2v) is 5.81. The monoisotopic (exact) mass is 272 g/mol. The predicted molar refractivity (Wildman–Crippen MR) is 75.8 cm³/mol. The third kappa shape index (κ3) is 2.36. The van der Waals surface area contributed by atoms with Crippen molar-refractivity contribution < 1.29 is 9.59 Å². The highest BCUT2D eigenvalue weighted by Gasteiger charge is 2.48. The predicted octanol–water partition coefficient (Wildman–Crippen LogP) is 1.85. The topological polar surface area (TPSA) is 49.4 Å². The van der Waals surface area contributed by atoms with Gasteiger partial charge in [0.15, 0.2) is 0 Å².